The van der Waals surface area contributed by atoms with Gasteiger partial charge in [0.2, 0.25) is 5.78 Å². The Kier molecular flexibility index (Phi) is 5.73. The number of aryl methyl sites for hydroxylation is 1. The highest BCUT2D eigenvalue weighted by Crippen LogP contribution is 2.38. The van der Waals surface area contributed by atoms with E-state index < -0.39 is 23.5 Å². The summed E-state index contributed by atoms with van der Waals surface area (Å²) in [6, 6.07) is 9.73. The Hall–Kier alpha value is -2.90. The van der Waals surface area contributed by atoms with Crippen molar-refractivity contribution in [1.29, 1.82) is 0 Å². The lowest BCUT2D eigenvalue weighted by Gasteiger charge is -2.26. The van der Waals surface area contributed by atoms with Crippen LogP contribution in [-0.4, -0.2) is 53.2 Å². The predicted molar refractivity (Wildman–Crippen MR) is 96.2 cm³/mol. The number of carbonyl (C=O) groups excluding carboxylic acids is 2. The van der Waals surface area contributed by atoms with Crippen molar-refractivity contribution in [3.63, 3.8) is 0 Å². The molecule has 0 fully saturated rings. The van der Waals surface area contributed by atoms with E-state index in [1.165, 1.54) is 17.2 Å². The quantitative estimate of drug-likeness (QED) is 0.545. The smallest absolute Gasteiger partial charge is 0.290 e. The fourth-order valence-electron chi connectivity index (χ4n) is 3.08. The van der Waals surface area contributed by atoms with Crippen LogP contribution in [0.3, 0.4) is 0 Å². The van der Waals surface area contributed by atoms with Crippen LogP contribution >= 0.6 is 0 Å². The standard InChI is InChI=1S/C20H21NO6/c1-13-4-6-14(7-5-13)17-16(18(23)15-3-2-10-27-15)19(24)20(25)21(17)8-11-26-12-9-22/h2-7,10,17,22,24H,8-9,11-12H2,1H3/t17-/m0/s1. The molecule has 0 spiro atoms. The van der Waals surface area contributed by atoms with Gasteiger partial charge < -0.3 is 24.3 Å². The number of hydrogen-bond acceptors (Lipinski definition) is 6. The summed E-state index contributed by atoms with van der Waals surface area (Å²) in [4.78, 5) is 26.9. The van der Waals surface area contributed by atoms with E-state index in [0.29, 0.717) is 5.56 Å². The van der Waals surface area contributed by atoms with Crippen LogP contribution in [0.1, 0.15) is 27.7 Å². The van der Waals surface area contributed by atoms with Crippen molar-refractivity contribution >= 4 is 11.7 Å². The number of aliphatic hydroxyl groups is 2. The van der Waals surface area contributed by atoms with Gasteiger partial charge >= 0.3 is 0 Å². The zero-order chi connectivity index (χ0) is 19.4. The Bertz CT molecular complexity index is 838. The number of furan rings is 1. The number of benzene rings is 1. The summed E-state index contributed by atoms with van der Waals surface area (Å²) < 4.78 is 10.4. The molecule has 0 saturated heterocycles. The van der Waals surface area contributed by atoms with E-state index in [4.69, 9.17) is 14.3 Å². The zero-order valence-corrected chi connectivity index (χ0v) is 14.9. The van der Waals surface area contributed by atoms with Crippen LogP contribution in [0, 0.1) is 6.92 Å². The van der Waals surface area contributed by atoms with Gasteiger partial charge in [0.05, 0.1) is 37.7 Å². The molecule has 0 bridgehead atoms. The molecule has 3 rings (SSSR count). The average molecular weight is 371 g/mol. The van der Waals surface area contributed by atoms with Crippen LogP contribution in [0.4, 0.5) is 0 Å². The minimum absolute atomic E-state index is 0.0130. The van der Waals surface area contributed by atoms with Gasteiger partial charge in [0.15, 0.2) is 11.5 Å². The number of hydrogen-bond donors (Lipinski definition) is 2. The Morgan fingerprint density at radius 2 is 1.96 bits per heavy atom. The monoisotopic (exact) mass is 371 g/mol. The third-order valence-electron chi connectivity index (χ3n) is 4.40. The summed E-state index contributed by atoms with van der Waals surface area (Å²) in [6.45, 7) is 2.29. The first-order chi connectivity index (χ1) is 13.0. The van der Waals surface area contributed by atoms with Crippen molar-refractivity contribution in [1.82, 2.24) is 4.90 Å². The lowest BCUT2D eigenvalue weighted by atomic mass is 9.94. The molecule has 0 saturated carbocycles. The van der Waals surface area contributed by atoms with Crippen LogP contribution in [0.25, 0.3) is 0 Å². The molecule has 7 heteroatoms. The second kappa shape index (κ2) is 8.20. The van der Waals surface area contributed by atoms with Gasteiger partial charge in [-0.2, -0.15) is 0 Å². The van der Waals surface area contributed by atoms with Crippen LogP contribution in [0.5, 0.6) is 0 Å². The van der Waals surface area contributed by atoms with E-state index >= 15 is 0 Å². The fourth-order valence-corrected chi connectivity index (χ4v) is 3.08. The molecule has 0 aliphatic carbocycles. The van der Waals surface area contributed by atoms with Crippen LogP contribution < -0.4 is 0 Å². The van der Waals surface area contributed by atoms with Crippen molar-refractivity contribution in [3.05, 3.63) is 70.9 Å². The van der Waals surface area contributed by atoms with Gasteiger partial charge in [-0.3, -0.25) is 9.59 Å². The maximum atomic E-state index is 12.9. The minimum Gasteiger partial charge on any atom is -0.503 e. The number of rotatable bonds is 8. The number of carbonyl (C=O) groups is 2. The predicted octanol–water partition coefficient (Wildman–Crippen LogP) is 2.18. The van der Waals surface area contributed by atoms with Crippen molar-refractivity contribution < 1.29 is 29.0 Å². The lowest BCUT2D eigenvalue weighted by Crippen LogP contribution is -2.34. The largest absolute Gasteiger partial charge is 0.503 e. The van der Waals surface area contributed by atoms with Gasteiger partial charge in [-0.05, 0) is 24.6 Å². The molecule has 0 unspecified atom stereocenters. The first-order valence-electron chi connectivity index (χ1n) is 8.62. The maximum absolute atomic E-state index is 12.9. The van der Waals surface area contributed by atoms with Gasteiger partial charge in [-0.15, -0.1) is 0 Å². The third kappa shape index (κ3) is 3.79. The van der Waals surface area contributed by atoms with Gasteiger partial charge in [-0.1, -0.05) is 29.8 Å². The highest BCUT2D eigenvalue weighted by atomic mass is 16.5. The van der Waals surface area contributed by atoms with Crippen molar-refractivity contribution in [2.24, 2.45) is 0 Å². The molecule has 7 nitrogen and oxygen atoms in total. The van der Waals surface area contributed by atoms with Crippen molar-refractivity contribution in [3.8, 4) is 0 Å². The Balaban J connectivity index is 1.96. The van der Waals surface area contributed by atoms with Crippen LogP contribution in [-0.2, 0) is 9.53 Å². The Morgan fingerprint density at radius 1 is 1.22 bits per heavy atom. The summed E-state index contributed by atoms with van der Waals surface area (Å²) in [6.07, 6.45) is 1.36. The summed E-state index contributed by atoms with van der Waals surface area (Å²) in [7, 11) is 0. The number of amides is 1. The van der Waals surface area contributed by atoms with E-state index in [2.05, 4.69) is 0 Å². The summed E-state index contributed by atoms with van der Waals surface area (Å²) >= 11 is 0. The SMILES string of the molecule is Cc1ccc([C@H]2C(C(=O)c3ccco3)=C(O)C(=O)N2CCOCCO)cc1. The van der Waals surface area contributed by atoms with E-state index in [1.807, 2.05) is 31.2 Å². The highest BCUT2D eigenvalue weighted by Gasteiger charge is 2.44. The molecule has 1 aromatic heterocycles. The molecular formula is C20H21NO6. The number of ether oxygens (including phenoxy) is 1. The lowest BCUT2D eigenvalue weighted by molar-refractivity contribution is -0.130. The molecule has 2 N–H and O–H groups in total. The number of aliphatic hydroxyl groups excluding tert-OH is 2. The van der Waals surface area contributed by atoms with E-state index in [0.717, 1.165) is 5.56 Å². The molecule has 2 heterocycles. The Labute approximate surface area is 156 Å². The van der Waals surface area contributed by atoms with E-state index in [1.54, 1.807) is 6.07 Å². The van der Waals surface area contributed by atoms with Crippen LogP contribution in [0.15, 0.2) is 58.4 Å². The molecule has 1 aliphatic rings. The fraction of sp³-hybridized carbons (Fsp3) is 0.300. The van der Waals surface area contributed by atoms with Gasteiger partial charge in [0, 0.05) is 6.54 Å². The first kappa shape index (κ1) is 18.9. The summed E-state index contributed by atoms with van der Waals surface area (Å²) in [5.41, 5.74) is 1.73. The molecule has 27 heavy (non-hydrogen) atoms. The van der Waals surface area contributed by atoms with Crippen LogP contribution in [0.2, 0.25) is 0 Å². The van der Waals surface area contributed by atoms with E-state index in [-0.39, 0.29) is 37.7 Å². The van der Waals surface area contributed by atoms with Crippen molar-refractivity contribution in [2.45, 2.75) is 13.0 Å². The van der Waals surface area contributed by atoms with Crippen molar-refractivity contribution in [2.75, 3.05) is 26.4 Å². The number of Topliss-reactive ketones (excluding diaryl/α,β-unsaturated/α-hetero) is 1. The molecular weight excluding hydrogens is 350 g/mol. The molecule has 1 atom stereocenters. The Morgan fingerprint density at radius 3 is 2.59 bits per heavy atom. The molecule has 0 radical (unpaired) electrons. The molecule has 142 valence electrons. The average Bonchev–Trinajstić information content (AvgIpc) is 3.28. The zero-order valence-electron chi connectivity index (χ0n) is 14.9. The van der Waals surface area contributed by atoms with Gasteiger partial charge in [0.25, 0.3) is 5.91 Å². The number of ketones is 1. The normalized spacial score (nSPS) is 17.0. The summed E-state index contributed by atoms with van der Waals surface area (Å²) in [5.74, 6) is -1.69. The highest BCUT2D eigenvalue weighted by molar-refractivity contribution is 6.15. The summed E-state index contributed by atoms with van der Waals surface area (Å²) in [5, 5.41) is 19.3. The van der Waals surface area contributed by atoms with Gasteiger partial charge in [0.1, 0.15) is 0 Å². The molecule has 1 aromatic carbocycles. The first-order valence-corrected chi connectivity index (χ1v) is 8.62. The van der Waals surface area contributed by atoms with Gasteiger partial charge in [-0.25, -0.2) is 0 Å². The molecule has 1 aliphatic heterocycles. The second-order valence-electron chi connectivity index (χ2n) is 6.22. The topological polar surface area (TPSA) is 100 Å². The molecule has 1 amide bonds. The molecule has 2 aromatic rings. The number of nitrogens with zero attached hydrogens (tertiary/aromatic N) is 1. The maximum Gasteiger partial charge on any atom is 0.290 e. The minimum atomic E-state index is -0.742. The third-order valence-corrected chi connectivity index (χ3v) is 4.40. The van der Waals surface area contributed by atoms with E-state index in [9.17, 15) is 14.7 Å². The second-order valence-corrected chi connectivity index (χ2v) is 6.22.